The summed E-state index contributed by atoms with van der Waals surface area (Å²) in [6, 6.07) is 8.64. The van der Waals surface area contributed by atoms with Crippen LogP contribution >= 0.6 is 0 Å². The van der Waals surface area contributed by atoms with Crippen molar-refractivity contribution in [1.82, 2.24) is 0 Å². The second kappa shape index (κ2) is 3.24. The standard InChI is InChI=1S/C15H17N/c1-15(2)11-7-3-5-9-13(11)16-14-10-6-4-8-12(14)15/h3,5-7,9-10,16H,4,8H2,1-2H3. The fraction of sp³-hybridized carbons (Fsp3) is 0.333. The van der Waals surface area contributed by atoms with Gasteiger partial charge in [0.05, 0.1) is 0 Å². The van der Waals surface area contributed by atoms with E-state index in [1.807, 2.05) is 0 Å². The predicted molar refractivity (Wildman–Crippen MR) is 68.5 cm³/mol. The Labute approximate surface area is 96.9 Å². The van der Waals surface area contributed by atoms with Crippen molar-refractivity contribution in [2.45, 2.75) is 32.1 Å². The Balaban J connectivity index is 2.20. The summed E-state index contributed by atoms with van der Waals surface area (Å²) in [7, 11) is 0. The molecular formula is C15H17N. The number of nitrogens with one attached hydrogen (secondary N) is 1. The molecule has 0 amide bonds. The topological polar surface area (TPSA) is 12.0 Å². The van der Waals surface area contributed by atoms with Crippen molar-refractivity contribution < 1.29 is 0 Å². The maximum absolute atomic E-state index is 3.55. The highest BCUT2D eigenvalue weighted by Gasteiger charge is 2.33. The van der Waals surface area contributed by atoms with Crippen molar-refractivity contribution in [3.05, 3.63) is 53.3 Å². The van der Waals surface area contributed by atoms with E-state index in [4.69, 9.17) is 0 Å². The molecule has 1 aromatic carbocycles. The number of anilines is 1. The van der Waals surface area contributed by atoms with Crippen molar-refractivity contribution >= 4 is 5.69 Å². The van der Waals surface area contributed by atoms with E-state index >= 15 is 0 Å². The van der Waals surface area contributed by atoms with Crippen LogP contribution in [0.25, 0.3) is 0 Å². The number of allylic oxidation sites excluding steroid dienone is 3. The maximum atomic E-state index is 3.55. The summed E-state index contributed by atoms with van der Waals surface area (Å²) in [4.78, 5) is 0. The number of rotatable bonds is 0. The first-order valence-electron chi connectivity index (χ1n) is 5.96. The fourth-order valence-electron chi connectivity index (χ4n) is 2.88. The minimum Gasteiger partial charge on any atom is -0.355 e. The molecule has 82 valence electrons. The molecule has 1 aliphatic carbocycles. The van der Waals surface area contributed by atoms with Gasteiger partial charge in [0.1, 0.15) is 0 Å². The van der Waals surface area contributed by atoms with Crippen LogP contribution in [0.1, 0.15) is 32.3 Å². The van der Waals surface area contributed by atoms with E-state index in [9.17, 15) is 0 Å². The molecule has 0 bridgehead atoms. The molecule has 2 aliphatic rings. The van der Waals surface area contributed by atoms with Gasteiger partial charge in [0.25, 0.3) is 0 Å². The molecule has 16 heavy (non-hydrogen) atoms. The second-order valence-corrected chi connectivity index (χ2v) is 5.13. The van der Waals surface area contributed by atoms with Gasteiger partial charge >= 0.3 is 0 Å². The molecule has 1 N–H and O–H groups in total. The second-order valence-electron chi connectivity index (χ2n) is 5.13. The van der Waals surface area contributed by atoms with Crippen molar-refractivity contribution in [2.75, 3.05) is 5.32 Å². The highest BCUT2D eigenvalue weighted by Crippen LogP contribution is 2.45. The monoisotopic (exact) mass is 211 g/mol. The molecule has 1 aromatic rings. The SMILES string of the molecule is CC1(C)C2=C(C=CCC2)Nc2ccccc21. The zero-order valence-corrected chi connectivity index (χ0v) is 9.88. The van der Waals surface area contributed by atoms with Gasteiger partial charge in [0.2, 0.25) is 0 Å². The Kier molecular flexibility index (Phi) is 1.97. The molecule has 0 unspecified atom stereocenters. The number of hydrogen-bond donors (Lipinski definition) is 1. The van der Waals surface area contributed by atoms with Gasteiger partial charge in [0.15, 0.2) is 0 Å². The van der Waals surface area contributed by atoms with Crippen LogP contribution in [0, 0.1) is 0 Å². The summed E-state index contributed by atoms with van der Waals surface area (Å²) in [6.07, 6.45) is 6.85. The summed E-state index contributed by atoms with van der Waals surface area (Å²) >= 11 is 0. The molecule has 0 atom stereocenters. The first-order chi connectivity index (χ1) is 7.69. The van der Waals surface area contributed by atoms with Gasteiger partial charge in [-0.25, -0.2) is 0 Å². The Morgan fingerprint density at radius 1 is 1.19 bits per heavy atom. The highest BCUT2D eigenvalue weighted by atomic mass is 14.9. The average Bonchev–Trinajstić information content (AvgIpc) is 2.29. The van der Waals surface area contributed by atoms with Crippen molar-refractivity contribution in [1.29, 1.82) is 0 Å². The van der Waals surface area contributed by atoms with Crippen LogP contribution < -0.4 is 5.32 Å². The molecule has 1 heteroatoms. The molecule has 0 spiro atoms. The lowest BCUT2D eigenvalue weighted by molar-refractivity contribution is 0.578. The molecule has 0 aromatic heterocycles. The van der Waals surface area contributed by atoms with Gasteiger partial charge in [0, 0.05) is 16.8 Å². The smallest absolute Gasteiger partial charge is 0.0425 e. The van der Waals surface area contributed by atoms with Crippen LogP contribution in [-0.4, -0.2) is 0 Å². The third-order valence-corrected chi connectivity index (χ3v) is 3.79. The van der Waals surface area contributed by atoms with Crippen LogP contribution in [0.3, 0.4) is 0 Å². The maximum Gasteiger partial charge on any atom is 0.0425 e. The zero-order chi connectivity index (χ0) is 11.2. The number of benzene rings is 1. The predicted octanol–water partition coefficient (Wildman–Crippen LogP) is 3.99. The Hall–Kier alpha value is -1.50. The molecule has 0 radical (unpaired) electrons. The van der Waals surface area contributed by atoms with Crippen LogP contribution in [0.15, 0.2) is 47.7 Å². The zero-order valence-electron chi connectivity index (χ0n) is 9.88. The van der Waals surface area contributed by atoms with Crippen LogP contribution in [0.2, 0.25) is 0 Å². The Bertz CT molecular complexity index is 492. The van der Waals surface area contributed by atoms with E-state index in [1.165, 1.54) is 29.8 Å². The summed E-state index contributed by atoms with van der Waals surface area (Å²) in [5.41, 5.74) is 5.72. The summed E-state index contributed by atoms with van der Waals surface area (Å²) < 4.78 is 0. The van der Waals surface area contributed by atoms with Gasteiger partial charge in [-0.2, -0.15) is 0 Å². The largest absolute Gasteiger partial charge is 0.355 e. The summed E-state index contributed by atoms with van der Waals surface area (Å²) in [5.74, 6) is 0. The Morgan fingerprint density at radius 2 is 2.00 bits per heavy atom. The van der Waals surface area contributed by atoms with Gasteiger partial charge in [-0.1, -0.05) is 38.1 Å². The summed E-state index contributed by atoms with van der Waals surface area (Å²) in [5, 5.41) is 3.55. The molecule has 1 heterocycles. The van der Waals surface area contributed by atoms with Crippen LogP contribution in [-0.2, 0) is 5.41 Å². The summed E-state index contributed by atoms with van der Waals surface area (Å²) in [6.45, 7) is 4.67. The number of fused-ring (bicyclic) bond motifs is 1. The van der Waals surface area contributed by atoms with E-state index in [-0.39, 0.29) is 5.41 Å². The molecular weight excluding hydrogens is 194 g/mol. The molecule has 0 saturated heterocycles. The first-order valence-corrected chi connectivity index (χ1v) is 5.96. The first kappa shape index (κ1) is 9.71. The Morgan fingerprint density at radius 3 is 2.88 bits per heavy atom. The average molecular weight is 211 g/mol. The van der Waals surface area contributed by atoms with Crippen molar-refractivity contribution in [2.24, 2.45) is 0 Å². The van der Waals surface area contributed by atoms with Crippen molar-refractivity contribution in [3.63, 3.8) is 0 Å². The number of para-hydroxylation sites is 1. The normalized spacial score (nSPS) is 21.1. The third-order valence-electron chi connectivity index (χ3n) is 3.79. The third kappa shape index (κ3) is 1.24. The lowest BCUT2D eigenvalue weighted by atomic mass is 9.71. The van der Waals surface area contributed by atoms with Crippen LogP contribution in [0.4, 0.5) is 5.69 Å². The fourth-order valence-corrected chi connectivity index (χ4v) is 2.88. The van der Waals surface area contributed by atoms with E-state index in [2.05, 4.69) is 55.6 Å². The van der Waals surface area contributed by atoms with E-state index in [1.54, 1.807) is 5.57 Å². The molecule has 0 fully saturated rings. The molecule has 1 nitrogen and oxygen atoms in total. The van der Waals surface area contributed by atoms with Crippen LogP contribution in [0.5, 0.6) is 0 Å². The van der Waals surface area contributed by atoms with Gasteiger partial charge in [-0.05, 0) is 36.1 Å². The minimum absolute atomic E-state index is 0.169. The van der Waals surface area contributed by atoms with Gasteiger partial charge in [-0.3, -0.25) is 0 Å². The molecule has 1 aliphatic heterocycles. The lowest BCUT2D eigenvalue weighted by Crippen LogP contribution is -2.29. The van der Waals surface area contributed by atoms with E-state index in [0.29, 0.717) is 0 Å². The lowest BCUT2D eigenvalue weighted by Gasteiger charge is -2.38. The van der Waals surface area contributed by atoms with E-state index < -0.39 is 0 Å². The van der Waals surface area contributed by atoms with E-state index in [0.717, 1.165) is 0 Å². The van der Waals surface area contributed by atoms with Crippen molar-refractivity contribution in [3.8, 4) is 0 Å². The van der Waals surface area contributed by atoms with Gasteiger partial charge < -0.3 is 5.32 Å². The molecule has 0 saturated carbocycles. The number of hydrogen-bond acceptors (Lipinski definition) is 1. The molecule has 3 rings (SSSR count). The quantitative estimate of drug-likeness (QED) is 0.684. The highest BCUT2D eigenvalue weighted by molar-refractivity contribution is 5.67. The minimum atomic E-state index is 0.169. The van der Waals surface area contributed by atoms with Gasteiger partial charge in [-0.15, -0.1) is 0 Å².